The van der Waals surface area contributed by atoms with E-state index in [9.17, 15) is 53.5 Å². The van der Waals surface area contributed by atoms with Gasteiger partial charge in [-0.3, -0.25) is 35.1 Å². The summed E-state index contributed by atoms with van der Waals surface area (Å²) in [7, 11) is 0. The zero-order valence-corrected chi connectivity index (χ0v) is 17.8. The lowest BCUT2D eigenvalue weighted by Crippen LogP contribution is -2.15. The molecule has 1 aliphatic rings. The van der Waals surface area contributed by atoms with Crippen LogP contribution < -0.4 is 5.32 Å². The third-order valence-corrected chi connectivity index (χ3v) is 5.40. The Balaban J connectivity index is 1.98. The molecule has 0 unspecified atom stereocenters. The predicted molar refractivity (Wildman–Crippen MR) is 119 cm³/mol. The second kappa shape index (κ2) is 8.67. The number of anilines is 1. The smallest absolute Gasteiger partial charge is 0.410 e. The van der Waals surface area contributed by atoms with E-state index in [1.807, 2.05) is 0 Å². The van der Waals surface area contributed by atoms with Crippen molar-refractivity contribution < 1.29 is 37.9 Å². The van der Waals surface area contributed by atoms with Gasteiger partial charge in [-0.2, -0.15) is 13.2 Å². The Morgan fingerprint density at radius 2 is 1.46 bits per heavy atom. The van der Waals surface area contributed by atoms with Crippen LogP contribution in [0.15, 0.2) is 53.7 Å². The van der Waals surface area contributed by atoms with Crippen LogP contribution in [-0.2, 0) is 6.18 Å². The molecule has 4 rings (SSSR count). The van der Waals surface area contributed by atoms with Crippen LogP contribution in [0.25, 0.3) is 11.1 Å². The van der Waals surface area contributed by atoms with Crippen molar-refractivity contribution in [3.63, 3.8) is 0 Å². The Morgan fingerprint density at radius 3 is 2.00 bits per heavy atom. The number of nitrogens with zero attached hydrogens (tertiary/aromatic N) is 4. The number of hydrogen-bond donors (Lipinski definition) is 2. The van der Waals surface area contributed by atoms with Gasteiger partial charge in [0.2, 0.25) is 0 Å². The number of oxime groups is 1. The highest BCUT2D eigenvalue weighted by Gasteiger charge is 2.39. The summed E-state index contributed by atoms with van der Waals surface area (Å²) in [4.78, 5) is 44.9. The van der Waals surface area contributed by atoms with Crippen LogP contribution in [0.4, 0.5) is 35.9 Å². The third kappa shape index (κ3) is 4.26. The molecular formula is C21H10F3N5O8. The number of non-ortho nitro benzene ring substituents is 2. The first kappa shape index (κ1) is 24.7. The van der Waals surface area contributed by atoms with Crippen molar-refractivity contribution >= 4 is 34.4 Å². The van der Waals surface area contributed by atoms with Gasteiger partial charge in [0.15, 0.2) is 0 Å². The van der Waals surface area contributed by atoms with E-state index >= 15 is 0 Å². The number of carbonyl (C=O) groups is 1. The molecule has 0 radical (unpaired) electrons. The normalized spacial score (nSPS) is 13.1. The van der Waals surface area contributed by atoms with Crippen molar-refractivity contribution in [2.45, 2.75) is 6.18 Å². The van der Waals surface area contributed by atoms with Crippen LogP contribution in [0.2, 0.25) is 0 Å². The van der Waals surface area contributed by atoms with Gasteiger partial charge < -0.3 is 10.5 Å². The Bertz CT molecular complexity index is 1570. The third-order valence-electron chi connectivity index (χ3n) is 5.40. The number of halogens is 3. The molecule has 0 saturated carbocycles. The fourth-order valence-electron chi connectivity index (χ4n) is 3.90. The summed E-state index contributed by atoms with van der Waals surface area (Å²) in [5.41, 5.74) is -6.32. The van der Waals surface area contributed by atoms with Crippen LogP contribution in [0, 0.1) is 30.3 Å². The lowest BCUT2D eigenvalue weighted by molar-refractivity contribution is -0.393. The molecule has 0 fully saturated rings. The number of nitrogens with one attached hydrogen (secondary N) is 1. The van der Waals surface area contributed by atoms with Crippen molar-refractivity contribution in [3.8, 4) is 11.1 Å². The second-order valence-corrected chi connectivity index (χ2v) is 7.56. The molecule has 1 amide bonds. The topological polar surface area (TPSA) is 191 Å². The lowest BCUT2D eigenvalue weighted by atomic mass is 9.96. The molecule has 16 heteroatoms. The molecule has 0 bridgehead atoms. The summed E-state index contributed by atoms with van der Waals surface area (Å²) >= 11 is 0. The maximum absolute atomic E-state index is 13.2. The molecule has 37 heavy (non-hydrogen) atoms. The van der Waals surface area contributed by atoms with Crippen molar-refractivity contribution in [2.24, 2.45) is 5.16 Å². The number of benzene rings is 3. The molecular weight excluding hydrogens is 507 g/mol. The van der Waals surface area contributed by atoms with E-state index in [2.05, 4.69) is 10.5 Å². The summed E-state index contributed by atoms with van der Waals surface area (Å²) in [6.45, 7) is 0. The number of fused-ring (bicyclic) bond motifs is 3. The second-order valence-electron chi connectivity index (χ2n) is 7.56. The minimum Gasteiger partial charge on any atom is -0.410 e. The Morgan fingerprint density at radius 1 is 0.865 bits per heavy atom. The van der Waals surface area contributed by atoms with Crippen molar-refractivity contribution in [2.75, 3.05) is 5.32 Å². The summed E-state index contributed by atoms with van der Waals surface area (Å²) in [6.07, 6.45) is -4.74. The molecule has 188 valence electrons. The molecule has 1 aliphatic carbocycles. The molecule has 0 spiro atoms. The van der Waals surface area contributed by atoms with Gasteiger partial charge in [-0.1, -0.05) is 11.2 Å². The molecule has 0 atom stereocenters. The van der Waals surface area contributed by atoms with Crippen molar-refractivity contribution in [3.05, 3.63) is 101 Å². The Labute approximate surface area is 201 Å². The first-order valence-corrected chi connectivity index (χ1v) is 9.84. The minimum absolute atomic E-state index is 0.329. The summed E-state index contributed by atoms with van der Waals surface area (Å²) in [6, 6.07) is 6.48. The van der Waals surface area contributed by atoms with Gasteiger partial charge in [0, 0.05) is 40.6 Å². The number of nitro groups is 3. The molecule has 0 saturated heterocycles. The number of amides is 1. The average molecular weight is 517 g/mol. The molecule has 0 aliphatic heterocycles. The molecule has 13 nitrogen and oxygen atoms in total. The van der Waals surface area contributed by atoms with Gasteiger partial charge in [-0.25, -0.2) is 0 Å². The molecule has 0 aromatic heterocycles. The van der Waals surface area contributed by atoms with Crippen LogP contribution in [0.5, 0.6) is 0 Å². The van der Waals surface area contributed by atoms with Gasteiger partial charge in [0.25, 0.3) is 23.0 Å². The van der Waals surface area contributed by atoms with Gasteiger partial charge in [0.1, 0.15) is 5.71 Å². The number of rotatable bonds is 5. The highest BCUT2D eigenvalue weighted by Crippen LogP contribution is 2.48. The standard InChI is InChI=1S/C21H10F3N5O8/c22-21(23,24)9-2-1-3-10(4-9)25-20(30)15-7-11(27(32)33)5-13-17(15)18-14(19(13)26-31)6-12(28(34)35)8-16(18)29(36)37/h1-8,31H,(H,25,30). The summed E-state index contributed by atoms with van der Waals surface area (Å²) < 4.78 is 39.2. The summed E-state index contributed by atoms with van der Waals surface area (Å²) in [5.74, 6) is -1.18. The summed E-state index contributed by atoms with van der Waals surface area (Å²) in [5, 5.41) is 49.4. The van der Waals surface area contributed by atoms with E-state index in [0.717, 1.165) is 36.4 Å². The average Bonchev–Trinajstić information content (AvgIpc) is 3.15. The van der Waals surface area contributed by atoms with Crippen LogP contribution in [0.1, 0.15) is 27.0 Å². The first-order chi connectivity index (χ1) is 17.3. The van der Waals surface area contributed by atoms with E-state index in [0.29, 0.717) is 12.1 Å². The Hall–Kier alpha value is -5.41. The highest BCUT2D eigenvalue weighted by molar-refractivity contribution is 6.29. The maximum atomic E-state index is 13.2. The van der Waals surface area contributed by atoms with Gasteiger partial charge in [-0.15, -0.1) is 0 Å². The van der Waals surface area contributed by atoms with E-state index in [1.165, 1.54) is 0 Å². The number of nitro benzene ring substituents is 3. The zero-order valence-electron chi connectivity index (χ0n) is 17.8. The van der Waals surface area contributed by atoms with Gasteiger partial charge in [0.05, 0.1) is 37.5 Å². The van der Waals surface area contributed by atoms with Gasteiger partial charge >= 0.3 is 6.18 Å². The quantitative estimate of drug-likeness (QED) is 0.212. The molecule has 3 aromatic rings. The van der Waals surface area contributed by atoms with E-state index in [-0.39, 0.29) is 22.4 Å². The first-order valence-electron chi connectivity index (χ1n) is 9.84. The van der Waals surface area contributed by atoms with E-state index in [4.69, 9.17) is 0 Å². The number of hydrogen-bond acceptors (Lipinski definition) is 9. The fourth-order valence-corrected chi connectivity index (χ4v) is 3.90. The highest BCUT2D eigenvalue weighted by atomic mass is 19.4. The molecule has 2 N–H and O–H groups in total. The van der Waals surface area contributed by atoms with Crippen LogP contribution in [0.3, 0.4) is 0 Å². The van der Waals surface area contributed by atoms with Crippen molar-refractivity contribution in [1.82, 2.24) is 0 Å². The predicted octanol–water partition coefficient (Wildman–Crippen LogP) is 4.89. The maximum Gasteiger partial charge on any atom is 0.416 e. The SMILES string of the molecule is O=C(Nc1cccc(C(F)(F)F)c1)c1cc([N+](=O)[O-])cc2c1-c1c(cc([N+](=O)[O-])cc1[N+](=O)[O-])C2=NO. The zero-order chi connectivity index (χ0) is 27.2. The van der Waals surface area contributed by atoms with Crippen LogP contribution >= 0.6 is 0 Å². The lowest BCUT2D eigenvalue weighted by Gasteiger charge is -2.12. The molecule has 0 heterocycles. The van der Waals surface area contributed by atoms with Gasteiger partial charge in [-0.05, 0) is 18.2 Å². The minimum atomic E-state index is -4.74. The fraction of sp³-hybridized carbons (Fsp3) is 0.0476. The van der Waals surface area contributed by atoms with Crippen molar-refractivity contribution in [1.29, 1.82) is 0 Å². The number of carbonyl (C=O) groups excluding carboxylic acids is 1. The van der Waals surface area contributed by atoms with Crippen LogP contribution in [-0.4, -0.2) is 31.6 Å². The Kier molecular flexibility index (Phi) is 5.79. The molecule has 3 aromatic carbocycles. The van der Waals surface area contributed by atoms with E-state index in [1.54, 1.807) is 0 Å². The van der Waals surface area contributed by atoms with E-state index < -0.39 is 66.3 Å². The monoisotopic (exact) mass is 517 g/mol. The largest absolute Gasteiger partial charge is 0.416 e. The number of alkyl halides is 3.